The minimum absolute atomic E-state index is 0.546. The molecule has 0 spiro atoms. The van der Waals surface area contributed by atoms with Gasteiger partial charge in [0.15, 0.2) is 0 Å². The van der Waals surface area contributed by atoms with Crippen molar-refractivity contribution < 1.29 is 10.1 Å². The number of nitrogens with two attached hydrogens (primary N) is 1. The molecule has 0 unspecified atom stereocenters. The number of methoxy groups -OCH3 is 1. The summed E-state index contributed by atoms with van der Waals surface area (Å²) in [7, 11) is 1.62. The first-order valence-corrected chi connectivity index (χ1v) is 7.08. The van der Waals surface area contributed by atoms with Crippen LogP contribution in [0.5, 0.6) is 0 Å². The van der Waals surface area contributed by atoms with Gasteiger partial charge in [-0.15, -0.1) is 0 Å². The molecule has 4 aromatic rings. The number of hydrogen-bond acceptors (Lipinski definition) is 1. The molecular weight excluding hydrogens is 258 g/mol. The minimum Gasteiger partial charge on any atom is -0.451 e. The molecule has 2 nitrogen and oxygen atoms in total. The standard InChI is InChI=1S/C19H15NO/c1-21-17(20)11-15-8-7-14-6-5-12-3-2-4-13-9-10-16(15)19(14)18(12)13/h2-10,20H,11H2,1H3/p+1. The maximum atomic E-state index is 5.87. The third-order valence-electron chi connectivity index (χ3n) is 4.25. The Morgan fingerprint density at radius 2 is 1.48 bits per heavy atom. The van der Waals surface area contributed by atoms with Gasteiger partial charge in [0, 0.05) is 0 Å². The fraction of sp³-hybridized carbons (Fsp3) is 0.105. The third kappa shape index (κ3) is 1.76. The lowest BCUT2D eigenvalue weighted by molar-refractivity contribution is -0.139. The van der Waals surface area contributed by atoms with Crippen molar-refractivity contribution in [3.8, 4) is 0 Å². The maximum Gasteiger partial charge on any atom is 0.337 e. The zero-order chi connectivity index (χ0) is 14.4. The molecule has 2 N–H and O–H groups in total. The van der Waals surface area contributed by atoms with Crippen LogP contribution in [0, 0.1) is 0 Å². The van der Waals surface area contributed by atoms with Crippen LogP contribution in [-0.4, -0.2) is 13.0 Å². The molecule has 0 saturated carbocycles. The zero-order valence-corrected chi connectivity index (χ0v) is 11.9. The summed E-state index contributed by atoms with van der Waals surface area (Å²) in [5.41, 5.74) is 1.21. The summed E-state index contributed by atoms with van der Waals surface area (Å²) in [4.78, 5) is 0. The van der Waals surface area contributed by atoms with Crippen molar-refractivity contribution in [1.29, 1.82) is 0 Å². The highest BCUT2D eigenvalue weighted by Gasteiger charge is 2.13. The van der Waals surface area contributed by atoms with E-state index in [0.29, 0.717) is 12.3 Å². The van der Waals surface area contributed by atoms with E-state index in [9.17, 15) is 0 Å². The van der Waals surface area contributed by atoms with E-state index in [4.69, 9.17) is 10.1 Å². The molecule has 0 aromatic heterocycles. The Bertz CT molecular complexity index is 955. The van der Waals surface area contributed by atoms with Crippen molar-refractivity contribution in [3.05, 3.63) is 60.2 Å². The molecule has 4 aromatic carbocycles. The second-order valence-electron chi connectivity index (χ2n) is 5.43. The molecule has 102 valence electrons. The quantitative estimate of drug-likeness (QED) is 0.340. The highest BCUT2D eigenvalue weighted by molar-refractivity contribution is 6.23. The van der Waals surface area contributed by atoms with E-state index in [0.717, 1.165) is 0 Å². The summed E-state index contributed by atoms with van der Waals surface area (Å²) in [5, 5.41) is 13.6. The van der Waals surface area contributed by atoms with Gasteiger partial charge in [-0.3, -0.25) is 0 Å². The number of benzene rings is 4. The molecule has 0 saturated heterocycles. The van der Waals surface area contributed by atoms with Crippen LogP contribution in [0.25, 0.3) is 32.3 Å². The molecule has 0 fully saturated rings. The molecule has 0 atom stereocenters. The predicted molar refractivity (Wildman–Crippen MR) is 87.8 cm³/mol. The third-order valence-corrected chi connectivity index (χ3v) is 4.25. The highest BCUT2D eigenvalue weighted by Crippen LogP contribution is 2.35. The van der Waals surface area contributed by atoms with E-state index in [2.05, 4.69) is 54.6 Å². The van der Waals surface area contributed by atoms with E-state index in [1.807, 2.05) is 0 Å². The van der Waals surface area contributed by atoms with Gasteiger partial charge in [-0.05, 0) is 37.9 Å². The van der Waals surface area contributed by atoms with E-state index < -0.39 is 0 Å². The van der Waals surface area contributed by atoms with Crippen LogP contribution in [0.15, 0.2) is 54.6 Å². The Balaban J connectivity index is 2.13. The van der Waals surface area contributed by atoms with Crippen molar-refractivity contribution in [1.82, 2.24) is 0 Å². The Morgan fingerprint density at radius 3 is 2.19 bits per heavy atom. The van der Waals surface area contributed by atoms with Gasteiger partial charge in [0.25, 0.3) is 0 Å². The van der Waals surface area contributed by atoms with E-state index >= 15 is 0 Å². The largest absolute Gasteiger partial charge is 0.451 e. The summed E-state index contributed by atoms with van der Waals surface area (Å²) in [6.45, 7) is 0. The lowest BCUT2D eigenvalue weighted by Gasteiger charge is -2.13. The number of hydrogen-bond donors (Lipinski definition) is 1. The monoisotopic (exact) mass is 274 g/mol. The predicted octanol–water partition coefficient (Wildman–Crippen LogP) is 2.93. The SMILES string of the molecule is COC(=[NH2+])Cc1ccc2ccc3cccc4ccc1c2c34. The summed E-state index contributed by atoms with van der Waals surface area (Å²) >= 11 is 0. The van der Waals surface area contributed by atoms with E-state index in [-0.39, 0.29) is 0 Å². The van der Waals surface area contributed by atoms with Gasteiger partial charge in [-0.1, -0.05) is 54.6 Å². The first-order chi connectivity index (χ1) is 10.3. The normalized spacial score (nSPS) is 11.5. The minimum atomic E-state index is 0.546. The Morgan fingerprint density at radius 1 is 0.857 bits per heavy atom. The molecule has 0 aliphatic carbocycles. The van der Waals surface area contributed by atoms with Crippen LogP contribution in [0.4, 0.5) is 0 Å². The maximum absolute atomic E-state index is 5.87. The Hall–Kier alpha value is -2.61. The second kappa shape index (κ2) is 4.45. The molecule has 2 heteroatoms. The van der Waals surface area contributed by atoms with Gasteiger partial charge in [-0.25, -0.2) is 5.41 Å². The molecular formula is C19H16NO+. The topological polar surface area (TPSA) is 34.8 Å². The smallest absolute Gasteiger partial charge is 0.337 e. The van der Waals surface area contributed by atoms with Crippen LogP contribution in [-0.2, 0) is 11.2 Å². The van der Waals surface area contributed by atoms with Gasteiger partial charge < -0.3 is 4.74 Å². The second-order valence-corrected chi connectivity index (χ2v) is 5.43. The molecule has 0 bridgehead atoms. The van der Waals surface area contributed by atoms with Gasteiger partial charge in [0.05, 0.1) is 13.5 Å². The van der Waals surface area contributed by atoms with E-state index in [1.54, 1.807) is 7.11 Å². The lowest BCUT2D eigenvalue weighted by atomic mass is 9.91. The van der Waals surface area contributed by atoms with Gasteiger partial charge in [0.2, 0.25) is 0 Å². The first-order valence-electron chi connectivity index (χ1n) is 7.08. The van der Waals surface area contributed by atoms with Crippen molar-refractivity contribution in [2.24, 2.45) is 0 Å². The average Bonchev–Trinajstić information content (AvgIpc) is 2.53. The molecule has 0 aliphatic rings. The summed E-state index contributed by atoms with van der Waals surface area (Å²) in [6.07, 6.45) is 0.644. The fourth-order valence-electron chi connectivity index (χ4n) is 3.21. The van der Waals surface area contributed by atoms with Crippen LogP contribution in [0.2, 0.25) is 0 Å². The number of ether oxygens (including phenoxy) is 1. The zero-order valence-electron chi connectivity index (χ0n) is 11.9. The molecule has 0 amide bonds. The molecule has 21 heavy (non-hydrogen) atoms. The first kappa shape index (κ1) is 12.2. The highest BCUT2D eigenvalue weighted by atomic mass is 16.5. The van der Waals surface area contributed by atoms with Crippen molar-refractivity contribution in [3.63, 3.8) is 0 Å². The average molecular weight is 274 g/mol. The fourth-order valence-corrected chi connectivity index (χ4v) is 3.21. The lowest BCUT2D eigenvalue weighted by Crippen LogP contribution is -2.42. The van der Waals surface area contributed by atoms with E-state index in [1.165, 1.54) is 37.9 Å². The Labute approximate surface area is 122 Å². The van der Waals surface area contributed by atoms with Crippen LogP contribution in [0.1, 0.15) is 5.56 Å². The van der Waals surface area contributed by atoms with Crippen molar-refractivity contribution >= 4 is 38.2 Å². The van der Waals surface area contributed by atoms with Crippen molar-refractivity contribution in [2.45, 2.75) is 6.42 Å². The Kier molecular flexibility index (Phi) is 2.58. The van der Waals surface area contributed by atoms with Crippen LogP contribution < -0.4 is 5.41 Å². The van der Waals surface area contributed by atoms with Crippen LogP contribution in [0.3, 0.4) is 0 Å². The van der Waals surface area contributed by atoms with Crippen LogP contribution >= 0.6 is 0 Å². The van der Waals surface area contributed by atoms with Gasteiger partial charge in [0.1, 0.15) is 0 Å². The number of rotatable bonds is 2. The molecule has 0 heterocycles. The molecule has 4 rings (SSSR count). The summed E-state index contributed by atoms with van der Waals surface area (Å²) < 4.78 is 5.14. The van der Waals surface area contributed by atoms with Gasteiger partial charge in [-0.2, -0.15) is 0 Å². The molecule has 0 aliphatic heterocycles. The van der Waals surface area contributed by atoms with Gasteiger partial charge >= 0.3 is 5.90 Å². The molecule has 0 radical (unpaired) electrons. The summed E-state index contributed by atoms with van der Waals surface area (Å²) in [5.74, 6) is 0.546. The summed E-state index contributed by atoms with van der Waals surface area (Å²) in [6, 6.07) is 19.5. The van der Waals surface area contributed by atoms with Crippen molar-refractivity contribution in [2.75, 3.05) is 7.11 Å².